The van der Waals surface area contributed by atoms with E-state index >= 15 is 4.39 Å². The van der Waals surface area contributed by atoms with E-state index in [1.54, 1.807) is 18.2 Å². The van der Waals surface area contributed by atoms with Crippen LogP contribution in [0.1, 0.15) is 72.4 Å². The van der Waals surface area contributed by atoms with Crippen molar-refractivity contribution in [3.05, 3.63) is 118 Å². The Balaban J connectivity index is 1.40. The number of halogens is 2. The van der Waals surface area contributed by atoms with Crippen molar-refractivity contribution in [3.8, 4) is 17.9 Å². The van der Waals surface area contributed by atoms with Crippen molar-refractivity contribution < 1.29 is 8.78 Å². The third-order valence-corrected chi connectivity index (χ3v) is 6.75. The Bertz CT molecular complexity index is 1470. The maximum absolute atomic E-state index is 15.2. The normalized spacial score (nSPS) is 10.6. The fourth-order valence-electron chi connectivity index (χ4n) is 4.52. The van der Waals surface area contributed by atoms with Crippen LogP contribution in [0.5, 0.6) is 0 Å². The number of fused-ring (bicyclic) bond motifs is 1. The SMILES string of the molecule is CCCCCCCc1ccc(C#Cc2ccc3c(F)c(CCc4ccc(C#N)c(F)c4)ccc3c2)cc1. The van der Waals surface area contributed by atoms with Crippen LogP contribution in [0.15, 0.2) is 72.8 Å². The zero-order chi connectivity index (χ0) is 26.0. The van der Waals surface area contributed by atoms with Crippen molar-refractivity contribution in [2.75, 3.05) is 0 Å². The lowest BCUT2D eigenvalue weighted by Gasteiger charge is -2.08. The first-order valence-corrected chi connectivity index (χ1v) is 13.1. The van der Waals surface area contributed by atoms with Gasteiger partial charge < -0.3 is 0 Å². The van der Waals surface area contributed by atoms with Crippen LogP contribution in [0.25, 0.3) is 10.8 Å². The van der Waals surface area contributed by atoms with E-state index in [2.05, 4.69) is 43.0 Å². The van der Waals surface area contributed by atoms with Crippen LogP contribution in [0.2, 0.25) is 0 Å². The van der Waals surface area contributed by atoms with Gasteiger partial charge in [-0.1, -0.05) is 80.8 Å². The summed E-state index contributed by atoms with van der Waals surface area (Å²) in [7, 11) is 0. The molecule has 3 heteroatoms. The Morgan fingerprint density at radius 1 is 0.676 bits per heavy atom. The number of benzene rings is 4. The number of hydrogen-bond acceptors (Lipinski definition) is 1. The molecule has 0 fully saturated rings. The highest BCUT2D eigenvalue weighted by Crippen LogP contribution is 2.24. The lowest BCUT2D eigenvalue weighted by atomic mass is 9.98. The van der Waals surface area contributed by atoms with E-state index in [0.717, 1.165) is 28.5 Å². The second-order valence-corrected chi connectivity index (χ2v) is 9.51. The molecule has 0 aliphatic rings. The van der Waals surface area contributed by atoms with Gasteiger partial charge in [0, 0.05) is 16.5 Å². The second kappa shape index (κ2) is 12.8. The maximum Gasteiger partial charge on any atom is 0.141 e. The summed E-state index contributed by atoms with van der Waals surface area (Å²) in [4.78, 5) is 0. The molecule has 0 aromatic heterocycles. The summed E-state index contributed by atoms with van der Waals surface area (Å²) in [6.45, 7) is 2.24. The van der Waals surface area contributed by atoms with Crippen molar-refractivity contribution in [2.24, 2.45) is 0 Å². The van der Waals surface area contributed by atoms with Gasteiger partial charge in [0.15, 0.2) is 0 Å². The highest BCUT2D eigenvalue weighted by atomic mass is 19.1. The summed E-state index contributed by atoms with van der Waals surface area (Å²) < 4.78 is 29.0. The van der Waals surface area contributed by atoms with Gasteiger partial charge in [0.25, 0.3) is 0 Å². The average Bonchev–Trinajstić information content (AvgIpc) is 2.92. The molecule has 0 bridgehead atoms. The van der Waals surface area contributed by atoms with Crippen LogP contribution < -0.4 is 0 Å². The Labute approximate surface area is 218 Å². The van der Waals surface area contributed by atoms with E-state index in [9.17, 15) is 4.39 Å². The zero-order valence-electron chi connectivity index (χ0n) is 21.3. The fourth-order valence-corrected chi connectivity index (χ4v) is 4.52. The maximum atomic E-state index is 15.2. The molecule has 0 amide bonds. The Morgan fingerprint density at radius 2 is 1.41 bits per heavy atom. The highest BCUT2D eigenvalue weighted by Gasteiger charge is 2.09. The molecule has 0 heterocycles. The molecular weight excluding hydrogens is 460 g/mol. The second-order valence-electron chi connectivity index (χ2n) is 9.51. The lowest BCUT2D eigenvalue weighted by Crippen LogP contribution is -1.97. The van der Waals surface area contributed by atoms with E-state index in [0.29, 0.717) is 23.8 Å². The Morgan fingerprint density at radius 3 is 2.16 bits per heavy atom. The predicted octanol–water partition coefficient (Wildman–Crippen LogP) is 8.69. The van der Waals surface area contributed by atoms with Crippen LogP contribution >= 0.6 is 0 Å². The molecule has 37 heavy (non-hydrogen) atoms. The molecule has 4 aromatic rings. The predicted molar refractivity (Wildman–Crippen MR) is 147 cm³/mol. The standard InChI is InChI=1S/C34H31F2N/c1-2-3-4-5-6-7-25-8-10-26(11-9-25)12-13-27-16-21-32-30(22-27)20-19-29(34(32)36)17-14-28-15-18-31(24-37)33(35)23-28/h8-11,15-16,18-23H,2-7,14,17H2,1H3. The Kier molecular flexibility index (Phi) is 9.07. The number of nitriles is 1. The van der Waals surface area contributed by atoms with Crippen LogP contribution in [-0.2, 0) is 19.3 Å². The van der Waals surface area contributed by atoms with Gasteiger partial charge in [-0.25, -0.2) is 8.78 Å². The molecule has 186 valence electrons. The molecule has 0 spiro atoms. The van der Waals surface area contributed by atoms with E-state index in [-0.39, 0.29) is 11.4 Å². The van der Waals surface area contributed by atoms with E-state index in [4.69, 9.17) is 5.26 Å². The van der Waals surface area contributed by atoms with Gasteiger partial charge in [-0.15, -0.1) is 0 Å². The first-order chi connectivity index (χ1) is 18.1. The van der Waals surface area contributed by atoms with Crippen LogP contribution in [0, 0.1) is 34.8 Å². The van der Waals surface area contributed by atoms with Gasteiger partial charge in [-0.3, -0.25) is 0 Å². The summed E-state index contributed by atoms with van der Waals surface area (Å²) in [6, 6.07) is 24.1. The van der Waals surface area contributed by atoms with Gasteiger partial charge >= 0.3 is 0 Å². The van der Waals surface area contributed by atoms with Crippen molar-refractivity contribution in [1.29, 1.82) is 5.26 Å². The van der Waals surface area contributed by atoms with Crippen molar-refractivity contribution in [2.45, 2.75) is 58.3 Å². The first kappa shape index (κ1) is 26.1. The molecule has 0 aliphatic heterocycles. The molecule has 1 nitrogen and oxygen atoms in total. The van der Waals surface area contributed by atoms with Gasteiger partial charge in [-0.05, 0) is 84.2 Å². The lowest BCUT2D eigenvalue weighted by molar-refractivity contribution is 0.616. The third kappa shape index (κ3) is 7.05. The number of unbranched alkanes of at least 4 members (excludes halogenated alkanes) is 4. The Hall–Kier alpha value is -3.95. The molecule has 0 radical (unpaired) electrons. The number of hydrogen-bond donors (Lipinski definition) is 0. The third-order valence-electron chi connectivity index (χ3n) is 6.75. The van der Waals surface area contributed by atoms with Crippen molar-refractivity contribution in [3.63, 3.8) is 0 Å². The molecule has 4 aromatic carbocycles. The fraction of sp³-hybridized carbons (Fsp3) is 0.265. The van der Waals surface area contributed by atoms with Crippen molar-refractivity contribution in [1.82, 2.24) is 0 Å². The topological polar surface area (TPSA) is 23.8 Å². The van der Waals surface area contributed by atoms with E-state index in [1.807, 2.05) is 24.3 Å². The van der Waals surface area contributed by atoms with Gasteiger partial charge in [0.1, 0.15) is 17.7 Å². The number of nitrogens with zero attached hydrogens (tertiary/aromatic N) is 1. The van der Waals surface area contributed by atoms with Gasteiger partial charge in [-0.2, -0.15) is 5.26 Å². The molecule has 4 rings (SSSR count). The van der Waals surface area contributed by atoms with E-state index < -0.39 is 5.82 Å². The smallest absolute Gasteiger partial charge is 0.141 e. The first-order valence-electron chi connectivity index (χ1n) is 13.1. The number of rotatable bonds is 9. The highest BCUT2D eigenvalue weighted by molar-refractivity contribution is 5.85. The van der Waals surface area contributed by atoms with E-state index in [1.165, 1.54) is 49.8 Å². The minimum Gasteiger partial charge on any atom is -0.206 e. The zero-order valence-corrected chi connectivity index (χ0v) is 21.3. The minimum absolute atomic E-state index is 0.0183. The number of aryl methyl sites for hydroxylation is 3. The summed E-state index contributed by atoms with van der Waals surface area (Å²) in [5, 5.41) is 10.2. The molecule has 0 saturated heterocycles. The summed E-state index contributed by atoms with van der Waals surface area (Å²) in [5.74, 6) is 5.63. The minimum atomic E-state index is -0.540. The van der Waals surface area contributed by atoms with Gasteiger partial charge in [0.2, 0.25) is 0 Å². The van der Waals surface area contributed by atoms with Crippen LogP contribution in [0.3, 0.4) is 0 Å². The molecule has 0 saturated carbocycles. The molecule has 0 unspecified atom stereocenters. The summed E-state index contributed by atoms with van der Waals surface area (Å²) in [5.41, 5.74) is 4.50. The van der Waals surface area contributed by atoms with Crippen molar-refractivity contribution >= 4 is 10.8 Å². The van der Waals surface area contributed by atoms with Crippen LogP contribution in [0.4, 0.5) is 8.78 Å². The quantitative estimate of drug-likeness (QED) is 0.170. The molecular formula is C34H31F2N. The summed E-state index contributed by atoms with van der Waals surface area (Å²) >= 11 is 0. The molecule has 0 N–H and O–H groups in total. The summed E-state index contributed by atoms with van der Waals surface area (Å²) in [6.07, 6.45) is 8.47. The van der Waals surface area contributed by atoms with Gasteiger partial charge in [0.05, 0.1) is 5.56 Å². The molecule has 0 atom stereocenters. The monoisotopic (exact) mass is 491 g/mol. The average molecular weight is 492 g/mol. The van der Waals surface area contributed by atoms with Crippen LogP contribution in [-0.4, -0.2) is 0 Å². The largest absolute Gasteiger partial charge is 0.206 e. The molecule has 0 aliphatic carbocycles.